The number of aliphatic hydroxyl groups is 1. The van der Waals surface area contributed by atoms with E-state index < -0.39 is 6.23 Å². The number of unbranched alkanes of at least 4 members (excludes halogenated alkanes) is 1. The summed E-state index contributed by atoms with van der Waals surface area (Å²) >= 11 is 0. The molecule has 1 heterocycles. The van der Waals surface area contributed by atoms with Gasteiger partial charge in [0, 0.05) is 11.3 Å². The van der Waals surface area contributed by atoms with Crippen molar-refractivity contribution in [2.24, 2.45) is 0 Å². The van der Waals surface area contributed by atoms with E-state index in [9.17, 15) is 9.90 Å². The maximum atomic E-state index is 12.0. The van der Waals surface area contributed by atoms with Crippen LogP contribution in [0.4, 0.5) is 5.69 Å². The Balaban J connectivity index is 2.18. The molecule has 1 atom stereocenters. The topological polar surface area (TPSA) is 58.6 Å². The first-order chi connectivity index (χ1) is 8.72. The van der Waals surface area contributed by atoms with Gasteiger partial charge in [-0.25, -0.2) is 4.79 Å². The molecule has 1 aromatic rings. The quantitative estimate of drug-likeness (QED) is 0.632. The van der Waals surface area contributed by atoms with Crippen LogP contribution in [0.25, 0.3) is 5.57 Å². The molecule has 0 saturated carbocycles. The van der Waals surface area contributed by atoms with Gasteiger partial charge in [-0.2, -0.15) is 0 Å². The molecular weight excluding hydrogens is 230 g/mol. The number of rotatable bonds is 4. The fourth-order valence-electron chi connectivity index (χ4n) is 1.86. The number of para-hydroxylation sites is 1. The molecule has 0 spiro atoms. The summed E-state index contributed by atoms with van der Waals surface area (Å²) in [5.41, 5.74) is 1.94. The Morgan fingerprint density at radius 2 is 2.22 bits per heavy atom. The number of ether oxygens (including phenoxy) is 1. The van der Waals surface area contributed by atoms with Crippen molar-refractivity contribution in [3.8, 4) is 0 Å². The first kappa shape index (κ1) is 12.6. The molecule has 1 aliphatic heterocycles. The fraction of sp³-hybridized carbons (Fsp3) is 0.357. The van der Waals surface area contributed by atoms with Gasteiger partial charge in [0.25, 0.3) is 0 Å². The van der Waals surface area contributed by atoms with Crippen LogP contribution in [0.15, 0.2) is 30.3 Å². The van der Waals surface area contributed by atoms with E-state index in [1.54, 1.807) is 0 Å². The van der Waals surface area contributed by atoms with Crippen molar-refractivity contribution >= 4 is 17.2 Å². The zero-order chi connectivity index (χ0) is 13.0. The molecule has 1 unspecified atom stereocenters. The second kappa shape index (κ2) is 5.69. The van der Waals surface area contributed by atoms with Gasteiger partial charge in [0.2, 0.25) is 0 Å². The van der Waals surface area contributed by atoms with Crippen LogP contribution in [-0.4, -0.2) is 23.9 Å². The predicted octanol–water partition coefficient (Wildman–Crippen LogP) is 2.16. The number of aliphatic hydroxyl groups excluding tert-OH is 1. The summed E-state index contributed by atoms with van der Waals surface area (Å²) in [4.78, 5) is 12.0. The molecule has 96 valence electrons. The minimum Gasteiger partial charge on any atom is -0.462 e. The van der Waals surface area contributed by atoms with Crippen LogP contribution in [0.3, 0.4) is 0 Å². The van der Waals surface area contributed by atoms with Gasteiger partial charge < -0.3 is 15.2 Å². The predicted molar refractivity (Wildman–Crippen MR) is 69.9 cm³/mol. The summed E-state index contributed by atoms with van der Waals surface area (Å²) in [6.07, 6.45) is 2.46. The lowest BCUT2D eigenvalue weighted by molar-refractivity contribution is -0.136. The molecule has 0 saturated heterocycles. The van der Waals surface area contributed by atoms with E-state index in [1.807, 2.05) is 31.2 Å². The van der Waals surface area contributed by atoms with Crippen molar-refractivity contribution in [2.45, 2.75) is 26.0 Å². The number of carbonyl (C=O) groups is 1. The maximum absolute atomic E-state index is 12.0. The molecule has 0 aromatic heterocycles. The van der Waals surface area contributed by atoms with Crippen LogP contribution < -0.4 is 5.32 Å². The van der Waals surface area contributed by atoms with Crippen LogP contribution in [0, 0.1) is 0 Å². The molecule has 0 aliphatic carbocycles. The van der Waals surface area contributed by atoms with Gasteiger partial charge in [0.05, 0.1) is 12.2 Å². The number of hydrogen-bond acceptors (Lipinski definition) is 4. The van der Waals surface area contributed by atoms with Gasteiger partial charge in [0.1, 0.15) is 6.23 Å². The van der Waals surface area contributed by atoms with E-state index in [2.05, 4.69) is 5.32 Å². The van der Waals surface area contributed by atoms with E-state index in [4.69, 9.17) is 4.74 Å². The van der Waals surface area contributed by atoms with Crippen molar-refractivity contribution in [1.29, 1.82) is 0 Å². The van der Waals surface area contributed by atoms with E-state index in [0.29, 0.717) is 12.2 Å². The monoisotopic (exact) mass is 247 g/mol. The second-order valence-corrected chi connectivity index (χ2v) is 4.20. The molecular formula is C14H17NO3. The summed E-state index contributed by atoms with van der Waals surface area (Å²) in [7, 11) is 0. The smallest absolute Gasteiger partial charge is 0.338 e. The lowest BCUT2D eigenvalue weighted by Crippen LogP contribution is -2.23. The Kier molecular flexibility index (Phi) is 3.99. The molecule has 0 fully saturated rings. The minimum absolute atomic E-state index is 0.378. The molecule has 1 aromatic carbocycles. The minimum atomic E-state index is -0.853. The van der Waals surface area contributed by atoms with Crippen LogP contribution in [0.1, 0.15) is 25.3 Å². The molecule has 4 nitrogen and oxygen atoms in total. The van der Waals surface area contributed by atoms with E-state index >= 15 is 0 Å². The highest BCUT2D eigenvalue weighted by molar-refractivity contribution is 6.18. The lowest BCUT2D eigenvalue weighted by Gasteiger charge is -2.22. The molecule has 18 heavy (non-hydrogen) atoms. The Labute approximate surface area is 106 Å². The molecule has 4 heteroatoms. The van der Waals surface area contributed by atoms with Crippen LogP contribution in [0.5, 0.6) is 0 Å². The van der Waals surface area contributed by atoms with Gasteiger partial charge >= 0.3 is 5.97 Å². The van der Waals surface area contributed by atoms with Crippen molar-refractivity contribution < 1.29 is 14.6 Å². The summed E-state index contributed by atoms with van der Waals surface area (Å²) in [5.74, 6) is -0.378. The number of nitrogens with one attached hydrogen (secondary N) is 1. The molecule has 0 amide bonds. The molecule has 1 aliphatic rings. The molecule has 0 bridgehead atoms. The number of hydrogen-bond donors (Lipinski definition) is 2. The van der Waals surface area contributed by atoms with Gasteiger partial charge in [-0.15, -0.1) is 0 Å². The summed E-state index contributed by atoms with van der Waals surface area (Å²) in [6.45, 7) is 2.45. The first-order valence-corrected chi connectivity index (χ1v) is 6.15. The van der Waals surface area contributed by atoms with Gasteiger partial charge in [-0.3, -0.25) is 0 Å². The van der Waals surface area contributed by atoms with E-state index in [-0.39, 0.29) is 5.97 Å². The largest absolute Gasteiger partial charge is 0.462 e. The molecule has 0 radical (unpaired) electrons. The van der Waals surface area contributed by atoms with Crippen molar-refractivity contribution in [2.75, 3.05) is 11.9 Å². The summed E-state index contributed by atoms with van der Waals surface area (Å²) in [6, 6.07) is 7.36. The Bertz CT molecular complexity index is 468. The highest BCUT2D eigenvalue weighted by atomic mass is 16.5. The summed E-state index contributed by atoms with van der Waals surface area (Å²) < 4.78 is 5.18. The highest BCUT2D eigenvalue weighted by Gasteiger charge is 2.22. The van der Waals surface area contributed by atoms with Crippen LogP contribution >= 0.6 is 0 Å². The third-order valence-electron chi connectivity index (χ3n) is 2.80. The zero-order valence-electron chi connectivity index (χ0n) is 10.3. The number of fused-ring (bicyclic) bond motifs is 1. The fourth-order valence-corrected chi connectivity index (χ4v) is 1.86. The maximum Gasteiger partial charge on any atom is 0.338 e. The Morgan fingerprint density at radius 3 is 3.00 bits per heavy atom. The number of esters is 1. The van der Waals surface area contributed by atoms with E-state index in [1.165, 1.54) is 6.08 Å². The number of carbonyl (C=O) groups excluding carboxylic acids is 1. The van der Waals surface area contributed by atoms with E-state index in [0.717, 1.165) is 24.1 Å². The highest BCUT2D eigenvalue weighted by Crippen LogP contribution is 2.29. The average molecular weight is 247 g/mol. The van der Waals surface area contributed by atoms with Crippen molar-refractivity contribution in [3.63, 3.8) is 0 Å². The third kappa shape index (κ3) is 2.71. The standard InChI is InChI=1S/C14H17NO3/c1-2-3-8-18-14(17)11-9-13(16)15-12-7-5-4-6-10(11)12/h4-7,9,13,15-16H,2-3,8H2,1H3. The molecule has 2 rings (SSSR count). The lowest BCUT2D eigenvalue weighted by atomic mass is 10.00. The second-order valence-electron chi connectivity index (χ2n) is 4.20. The SMILES string of the molecule is CCCCOC(=O)C1=CC(O)Nc2ccccc21. The van der Waals surface area contributed by atoms with Crippen molar-refractivity contribution in [1.82, 2.24) is 0 Å². The van der Waals surface area contributed by atoms with Gasteiger partial charge in [-0.1, -0.05) is 31.5 Å². The Morgan fingerprint density at radius 1 is 1.44 bits per heavy atom. The third-order valence-corrected chi connectivity index (χ3v) is 2.80. The molecule has 2 N–H and O–H groups in total. The number of benzene rings is 1. The van der Waals surface area contributed by atoms with Crippen molar-refractivity contribution in [3.05, 3.63) is 35.9 Å². The Hall–Kier alpha value is -1.81. The van der Waals surface area contributed by atoms with Gasteiger partial charge in [0.15, 0.2) is 0 Å². The zero-order valence-corrected chi connectivity index (χ0v) is 10.3. The number of anilines is 1. The average Bonchev–Trinajstić information content (AvgIpc) is 2.38. The van der Waals surface area contributed by atoms with Crippen LogP contribution in [-0.2, 0) is 9.53 Å². The van der Waals surface area contributed by atoms with Gasteiger partial charge in [-0.05, 0) is 18.6 Å². The van der Waals surface area contributed by atoms with Crippen LogP contribution in [0.2, 0.25) is 0 Å². The first-order valence-electron chi connectivity index (χ1n) is 6.15. The summed E-state index contributed by atoms with van der Waals surface area (Å²) in [5, 5.41) is 12.5. The normalized spacial score (nSPS) is 17.4.